The number of likely N-dealkylation sites (N-methyl/N-ethyl adjacent to an activating group) is 1. The van der Waals surface area contributed by atoms with Gasteiger partial charge in [-0.2, -0.15) is 13.2 Å². The molecule has 2 nitrogen and oxygen atoms in total. The minimum absolute atomic E-state index is 0.0899. The van der Waals surface area contributed by atoms with Crippen molar-refractivity contribution < 1.29 is 17.6 Å². The van der Waals surface area contributed by atoms with Crippen molar-refractivity contribution in [2.45, 2.75) is 25.6 Å². The highest BCUT2D eigenvalue weighted by atomic mass is 19.4. The van der Waals surface area contributed by atoms with E-state index in [-0.39, 0.29) is 17.0 Å². The predicted molar refractivity (Wildman–Crippen MR) is 63.4 cm³/mol. The molecule has 0 aliphatic rings. The Bertz CT molecular complexity index is 545. The van der Waals surface area contributed by atoms with Gasteiger partial charge in [0.2, 0.25) is 0 Å². The SMILES string of the molecule is CNC(C)Cc1coc2cccc(C(F)(F)F)c12. The standard InChI is InChI=1S/C13H14F3NO/c1-8(17-2)6-9-7-18-11-5-3-4-10(12(9)11)13(14,15)16/h3-5,7-8,17H,6H2,1-2H3. The van der Waals surface area contributed by atoms with Crippen LogP contribution in [0.15, 0.2) is 28.9 Å². The summed E-state index contributed by atoms with van der Waals surface area (Å²) in [4.78, 5) is 0. The van der Waals surface area contributed by atoms with Crippen molar-refractivity contribution >= 4 is 11.0 Å². The van der Waals surface area contributed by atoms with Gasteiger partial charge in [0.05, 0.1) is 11.8 Å². The number of benzene rings is 1. The molecule has 0 fully saturated rings. The molecule has 5 heteroatoms. The lowest BCUT2D eigenvalue weighted by atomic mass is 10.0. The quantitative estimate of drug-likeness (QED) is 0.908. The number of nitrogens with one attached hydrogen (secondary N) is 1. The molecule has 1 heterocycles. The molecule has 2 rings (SSSR count). The van der Waals surface area contributed by atoms with Gasteiger partial charge in [-0.25, -0.2) is 0 Å². The van der Waals surface area contributed by atoms with E-state index in [1.807, 2.05) is 6.92 Å². The first kappa shape index (κ1) is 13.0. The zero-order chi connectivity index (χ0) is 13.3. The average molecular weight is 257 g/mol. The number of alkyl halides is 3. The van der Waals surface area contributed by atoms with Gasteiger partial charge < -0.3 is 9.73 Å². The predicted octanol–water partition coefficient (Wildman–Crippen LogP) is 3.60. The zero-order valence-electron chi connectivity index (χ0n) is 10.1. The van der Waals surface area contributed by atoms with E-state index in [0.717, 1.165) is 6.07 Å². The minimum atomic E-state index is -4.36. The number of halogens is 3. The Balaban J connectivity index is 2.55. The van der Waals surface area contributed by atoms with E-state index in [1.54, 1.807) is 13.1 Å². The van der Waals surface area contributed by atoms with Crippen LogP contribution < -0.4 is 5.32 Å². The van der Waals surface area contributed by atoms with Gasteiger partial charge in [-0.05, 0) is 32.5 Å². The zero-order valence-corrected chi connectivity index (χ0v) is 10.1. The van der Waals surface area contributed by atoms with Crippen LogP contribution in [-0.4, -0.2) is 13.1 Å². The molecule has 0 saturated carbocycles. The Morgan fingerprint density at radius 1 is 1.33 bits per heavy atom. The molecular formula is C13H14F3NO. The van der Waals surface area contributed by atoms with Gasteiger partial charge in [0.25, 0.3) is 0 Å². The summed E-state index contributed by atoms with van der Waals surface area (Å²) in [5.41, 5.74) is 0.231. The summed E-state index contributed by atoms with van der Waals surface area (Å²) in [5, 5.41) is 3.18. The highest BCUT2D eigenvalue weighted by Crippen LogP contribution is 2.37. The Hall–Kier alpha value is -1.49. The molecule has 0 bridgehead atoms. The average Bonchev–Trinajstić information content (AvgIpc) is 2.71. The number of fused-ring (bicyclic) bond motifs is 1. The van der Waals surface area contributed by atoms with Crippen LogP contribution in [0.2, 0.25) is 0 Å². The molecule has 0 radical (unpaired) electrons. The topological polar surface area (TPSA) is 25.2 Å². The van der Waals surface area contributed by atoms with Crippen molar-refractivity contribution in [1.82, 2.24) is 5.32 Å². The molecule has 0 saturated heterocycles. The first-order valence-electron chi connectivity index (χ1n) is 5.67. The summed E-state index contributed by atoms with van der Waals surface area (Å²) >= 11 is 0. The number of furan rings is 1. The molecule has 18 heavy (non-hydrogen) atoms. The first-order chi connectivity index (χ1) is 8.43. The van der Waals surface area contributed by atoms with Crippen LogP contribution in [0.25, 0.3) is 11.0 Å². The third-order valence-electron chi connectivity index (χ3n) is 3.00. The maximum atomic E-state index is 12.9. The fraction of sp³-hybridized carbons (Fsp3) is 0.385. The van der Waals surface area contributed by atoms with Gasteiger partial charge in [0.1, 0.15) is 5.58 Å². The monoisotopic (exact) mass is 257 g/mol. The Morgan fingerprint density at radius 3 is 2.67 bits per heavy atom. The van der Waals surface area contributed by atoms with Gasteiger partial charge in [0.15, 0.2) is 0 Å². The second kappa shape index (κ2) is 4.65. The lowest BCUT2D eigenvalue weighted by molar-refractivity contribution is -0.136. The Labute approximate surface area is 103 Å². The third-order valence-corrected chi connectivity index (χ3v) is 3.00. The second-order valence-corrected chi connectivity index (χ2v) is 4.33. The molecule has 1 unspecified atom stereocenters. The van der Waals surface area contributed by atoms with Crippen LogP contribution in [0, 0.1) is 0 Å². The Kier molecular flexibility index (Phi) is 3.34. The maximum Gasteiger partial charge on any atom is 0.417 e. The summed E-state index contributed by atoms with van der Waals surface area (Å²) in [7, 11) is 1.78. The molecule has 0 amide bonds. The van der Waals surface area contributed by atoms with E-state index in [4.69, 9.17) is 4.42 Å². The molecule has 2 aromatic rings. The van der Waals surface area contributed by atoms with Crippen LogP contribution in [-0.2, 0) is 12.6 Å². The van der Waals surface area contributed by atoms with Gasteiger partial charge >= 0.3 is 6.18 Å². The molecule has 0 spiro atoms. The van der Waals surface area contributed by atoms with E-state index < -0.39 is 11.7 Å². The first-order valence-corrected chi connectivity index (χ1v) is 5.67. The molecular weight excluding hydrogens is 243 g/mol. The molecule has 0 aliphatic carbocycles. The van der Waals surface area contributed by atoms with Gasteiger partial charge in [-0.3, -0.25) is 0 Å². The fourth-order valence-corrected chi connectivity index (χ4v) is 1.97. The lowest BCUT2D eigenvalue weighted by Gasteiger charge is -2.11. The number of rotatable bonds is 3. The molecule has 1 N–H and O–H groups in total. The van der Waals surface area contributed by atoms with Crippen LogP contribution in [0.5, 0.6) is 0 Å². The fourth-order valence-electron chi connectivity index (χ4n) is 1.97. The minimum Gasteiger partial charge on any atom is -0.464 e. The van der Waals surface area contributed by atoms with Crippen molar-refractivity contribution in [3.8, 4) is 0 Å². The maximum absolute atomic E-state index is 12.9. The lowest BCUT2D eigenvalue weighted by Crippen LogP contribution is -2.23. The number of hydrogen-bond donors (Lipinski definition) is 1. The van der Waals surface area contributed by atoms with E-state index >= 15 is 0 Å². The Morgan fingerprint density at radius 2 is 2.06 bits per heavy atom. The molecule has 1 aromatic heterocycles. The van der Waals surface area contributed by atoms with Crippen molar-refractivity contribution in [3.63, 3.8) is 0 Å². The van der Waals surface area contributed by atoms with Crippen LogP contribution in [0.1, 0.15) is 18.1 Å². The molecule has 98 valence electrons. The normalized spacial score (nSPS) is 14.1. The molecule has 1 aromatic carbocycles. The summed E-state index contributed by atoms with van der Waals surface area (Å²) < 4.78 is 44.0. The van der Waals surface area contributed by atoms with Crippen LogP contribution in [0.3, 0.4) is 0 Å². The van der Waals surface area contributed by atoms with E-state index in [2.05, 4.69) is 5.32 Å². The van der Waals surface area contributed by atoms with Crippen molar-refractivity contribution in [2.24, 2.45) is 0 Å². The highest BCUT2D eigenvalue weighted by Gasteiger charge is 2.34. The summed E-state index contributed by atoms with van der Waals surface area (Å²) in [6, 6.07) is 4.09. The summed E-state index contributed by atoms with van der Waals surface area (Å²) in [6.45, 7) is 1.91. The molecule has 0 aliphatic heterocycles. The van der Waals surface area contributed by atoms with Crippen LogP contribution >= 0.6 is 0 Å². The van der Waals surface area contributed by atoms with Gasteiger partial charge in [-0.1, -0.05) is 6.07 Å². The third kappa shape index (κ3) is 2.36. The largest absolute Gasteiger partial charge is 0.464 e. The van der Waals surface area contributed by atoms with E-state index in [0.29, 0.717) is 12.0 Å². The van der Waals surface area contributed by atoms with E-state index in [9.17, 15) is 13.2 Å². The number of hydrogen-bond acceptors (Lipinski definition) is 2. The summed E-state index contributed by atoms with van der Waals surface area (Å²) in [6.07, 6.45) is -2.45. The van der Waals surface area contributed by atoms with Crippen molar-refractivity contribution in [1.29, 1.82) is 0 Å². The summed E-state index contributed by atoms with van der Waals surface area (Å²) in [5.74, 6) is 0. The molecule has 1 atom stereocenters. The second-order valence-electron chi connectivity index (χ2n) is 4.33. The van der Waals surface area contributed by atoms with Crippen LogP contribution in [0.4, 0.5) is 13.2 Å². The van der Waals surface area contributed by atoms with E-state index in [1.165, 1.54) is 12.3 Å². The van der Waals surface area contributed by atoms with Crippen molar-refractivity contribution in [3.05, 3.63) is 35.6 Å². The smallest absolute Gasteiger partial charge is 0.417 e. The highest BCUT2D eigenvalue weighted by molar-refractivity contribution is 5.85. The van der Waals surface area contributed by atoms with Gasteiger partial charge in [-0.15, -0.1) is 0 Å². The van der Waals surface area contributed by atoms with Crippen molar-refractivity contribution in [2.75, 3.05) is 7.05 Å². The van der Waals surface area contributed by atoms with Gasteiger partial charge in [0, 0.05) is 17.0 Å².